The molecule has 0 saturated heterocycles. The second-order valence-corrected chi connectivity index (χ2v) is 5.19. The quantitative estimate of drug-likeness (QED) is 0.672. The van der Waals surface area contributed by atoms with Crippen LogP contribution in [0.3, 0.4) is 0 Å². The van der Waals surface area contributed by atoms with E-state index in [1.807, 2.05) is 17.5 Å². The van der Waals surface area contributed by atoms with Crippen molar-refractivity contribution in [1.29, 1.82) is 0 Å². The first kappa shape index (κ1) is 13.3. The minimum Gasteiger partial charge on any atom is -0.346 e. The summed E-state index contributed by atoms with van der Waals surface area (Å²) in [6.07, 6.45) is 4.09. The lowest BCUT2D eigenvalue weighted by atomic mass is 10.2. The second kappa shape index (κ2) is 5.71. The van der Waals surface area contributed by atoms with E-state index < -0.39 is 11.5 Å². The molecular formula is C13H11N5O2S. The Bertz CT molecular complexity index is 806. The summed E-state index contributed by atoms with van der Waals surface area (Å²) in [6.45, 7) is 0.305. The lowest BCUT2D eigenvalue weighted by Crippen LogP contribution is -2.26. The lowest BCUT2D eigenvalue weighted by molar-refractivity contribution is 0.0945. The predicted molar refractivity (Wildman–Crippen MR) is 77.9 cm³/mol. The third-order valence-electron chi connectivity index (χ3n) is 2.82. The van der Waals surface area contributed by atoms with Gasteiger partial charge in [-0.05, 0) is 11.4 Å². The summed E-state index contributed by atoms with van der Waals surface area (Å²) >= 11 is 1.59. The van der Waals surface area contributed by atoms with Crippen LogP contribution in [-0.4, -0.2) is 26.1 Å². The van der Waals surface area contributed by atoms with E-state index in [2.05, 4.69) is 25.5 Å². The molecule has 21 heavy (non-hydrogen) atoms. The maximum atomic E-state index is 11.9. The first-order chi connectivity index (χ1) is 10.2. The average Bonchev–Trinajstić information content (AvgIpc) is 3.15. The Labute approximate surface area is 123 Å². The fourth-order valence-corrected chi connectivity index (χ4v) is 2.60. The fraction of sp³-hybridized carbons (Fsp3) is 0.0769. The zero-order valence-electron chi connectivity index (χ0n) is 10.8. The lowest BCUT2D eigenvalue weighted by Gasteiger charge is -2.04. The van der Waals surface area contributed by atoms with Crippen LogP contribution in [0, 0.1) is 0 Å². The van der Waals surface area contributed by atoms with Crippen molar-refractivity contribution in [3.63, 3.8) is 0 Å². The minimum atomic E-state index is -0.412. The van der Waals surface area contributed by atoms with Gasteiger partial charge in [-0.2, -0.15) is 5.10 Å². The number of hydrogen-bond donors (Lipinski definition) is 3. The van der Waals surface area contributed by atoms with Crippen molar-refractivity contribution in [1.82, 2.24) is 25.5 Å². The maximum absolute atomic E-state index is 11.9. The summed E-state index contributed by atoms with van der Waals surface area (Å²) in [5.41, 5.74) is 1.47. The van der Waals surface area contributed by atoms with E-state index in [1.54, 1.807) is 17.5 Å². The predicted octanol–water partition coefficient (Wildman–Crippen LogP) is 1.15. The van der Waals surface area contributed by atoms with Gasteiger partial charge in [-0.25, -0.2) is 0 Å². The number of aromatic amines is 2. The number of hydrogen-bond acceptors (Lipinski definition) is 5. The van der Waals surface area contributed by atoms with E-state index in [9.17, 15) is 9.59 Å². The van der Waals surface area contributed by atoms with Gasteiger partial charge in [-0.15, -0.1) is 11.3 Å². The Morgan fingerprint density at radius 2 is 2.24 bits per heavy atom. The fourth-order valence-electron chi connectivity index (χ4n) is 1.84. The first-order valence-corrected chi connectivity index (χ1v) is 7.00. The maximum Gasteiger partial charge on any atom is 0.269 e. The molecule has 3 heterocycles. The van der Waals surface area contributed by atoms with Crippen LogP contribution in [0.1, 0.15) is 16.1 Å². The average molecular weight is 301 g/mol. The molecule has 3 rings (SSSR count). The number of carbonyl (C=O) groups excluding carboxylic acids is 1. The second-order valence-electron chi connectivity index (χ2n) is 4.24. The standard InChI is InChI=1S/C13H11N5O2S/c19-11-7-14-6-9(17-11)13(20)15-4-8-5-16-18-12(8)10-2-1-3-21-10/h1-3,5-7H,4H2,(H,15,20)(H,16,18)(H,17,19). The molecule has 1 amide bonds. The molecule has 3 aromatic heterocycles. The number of rotatable bonds is 4. The van der Waals surface area contributed by atoms with Crippen molar-refractivity contribution in [2.45, 2.75) is 6.54 Å². The summed E-state index contributed by atoms with van der Waals surface area (Å²) in [6, 6.07) is 3.92. The largest absolute Gasteiger partial charge is 0.346 e. The SMILES string of the molecule is O=C(NCc1cn[nH]c1-c1cccs1)c1cncc(=O)[nH]1. The topological polar surface area (TPSA) is 104 Å². The molecule has 0 unspecified atom stereocenters. The molecule has 0 aliphatic carbocycles. The van der Waals surface area contributed by atoms with Gasteiger partial charge in [0, 0.05) is 12.1 Å². The van der Waals surface area contributed by atoms with Gasteiger partial charge in [-0.1, -0.05) is 6.07 Å². The smallest absolute Gasteiger partial charge is 0.269 e. The Morgan fingerprint density at radius 1 is 1.33 bits per heavy atom. The van der Waals surface area contributed by atoms with Gasteiger partial charge in [0.15, 0.2) is 0 Å². The number of aromatic nitrogens is 4. The van der Waals surface area contributed by atoms with Crippen molar-refractivity contribution in [3.8, 4) is 10.6 Å². The molecule has 0 saturated carbocycles. The number of H-pyrrole nitrogens is 2. The molecule has 3 N–H and O–H groups in total. The van der Waals surface area contributed by atoms with Crippen LogP contribution in [0.4, 0.5) is 0 Å². The Hall–Kier alpha value is -2.74. The molecule has 0 aliphatic heterocycles. The van der Waals surface area contributed by atoms with Gasteiger partial charge in [0.25, 0.3) is 11.5 Å². The number of thiophene rings is 1. The molecule has 0 bridgehead atoms. The van der Waals surface area contributed by atoms with Crippen LogP contribution in [0.2, 0.25) is 0 Å². The Balaban J connectivity index is 1.73. The van der Waals surface area contributed by atoms with Crippen LogP contribution >= 0.6 is 11.3 Å². The summed E-state index contributed by atoms with van der Waals surface area (Å²) in [4.78, 5) is 30.2. The molecule has 3 aromatic rings. The van der Waals surface area contributed by atoms with Gasteiger partial charge in [-0.3, -0.25) is 19.7 Å². The number of nitrogens with one attached hydrogen (secondary N) is 3. The molecule has 8 heteroatoms. The first-order valence-electron chi connectivity index (χ1n) is 6.12. The molecular weight excluding hydrogens is 290 g/mol. The van der Waals surface area contributed by atoms with Gasteiger partial charge in [0.1, 0.15) is 5.69 Å². The molecule has 0 radical (unpaired) electrons. The van der Waals surface area contributed by atoms with Crippen LogP contribution in [0.5, 0.6) is 0 Å². The highest BCUT2D eigenvalue weighted by Gasteiger charge is 2.11. The van der Waals surface area contributed by atoms with Crippen molar-refractivity contribution in [3.05, 3.63) is 57.7 Å². The third-order valence-corrected chi connectivity index (χ3v) is 3.71. The Kier molecular flexibility index (Phi) is 3.61. The summed E-state index contributed by atoms with van der Waals surface area (Å²) in [7, 11) is 0. The van der Waals surface area contributed by atoms with Crippen molar-refractivity contribution in [2.75, 3.05) is 0 Å². The highest BCUT2D eigenvalue weighted by molar-refractivity contribution is 7.13. The van der Waals surface area contributed by atoms with Gasteiger partial charge in [0.2, 0.25) is 0 Å². The Morgan fingerprint density at radius 3 is 3.00 bits per heavy atom. The van der Waals surface area contributed by atoms with Crippen LogP contribution < -0.4 is 10.9 Å². The van der Waals surface area contributed by atoms with E-state index >= 15 is 0 Å². The third kappa shape index (κ3) is 2.90. The normalized spacial score (nSPS) is 10.5. The highest BCUT2D eigenvalue weighted by Crippen LogP contribution is 2.25. The van der Waals surface area contributed by atoms with E-state index in [1.165, 1.54) is 6.20 Å². The number of carbonyl (C=O) groups is 1. The van der Waals surface area contributed by atoms with Crippen molar-refractivity contribution in [2.24, 2.45) is 0 Å². The van der Waals surface area contributed by atoms with E-state index in [-0.39, 0.29) is 5.69 Å². The molecule has 106 valence electrons. The molecule has 0 aromatic carbocycles. The van der Waals surface area contributed by atoms with Gasteiger partial charge in [0.05, 0.1) is 29.2 Å². The molecule has 0 fully saturated rings. The van der Waals surface area contributed by atoms with Gasteiger partial charge >= 0.3 is 0 Å². The molecule has 0 aliphatic rings. The van der Waals surface area contributed by atoms with Gasteiger partial charge < -0.3 is 10.3 Å². The molecule has 0 spiro atoms. The number of nitrogens with zero attached hydrogens (tertiary/aromatic N) is 2. The van der Waals surface area contributed by atoms with E-state index in [0.29, 0.717) is 6.54 Å². The zero-order valence-corrected chi connectivity index (χ0v) is 11.6. The molecule has 0 atom stereocenters. The van der Waals surface area contributed by atoms with Crippen molar-refractivity contribution >= 4 is 17.2 Å². The van der Waals surface area contributed by atoms with Crippen molar-refractivity contribution < 1.29 is 4.79 Å². The van der Waals surface area contributed by atoms with Crippen LogP contribution in [0.15, 0.2) is 40.9 Å². The number of amides is 1. The van der Waals surface area contributed by atoms with Crippen LogP contribution in [0.25, 0.3) is 10.6 Å². The van der Waals surface area contributed by atoms with E-state index in [0.717, 1.165) is 22.3 Å². The monoisotopic (exact) mass is 301 g/mol. The molecule has 7 nitrogen and oxygen atoms in total. The van der Waals surface area contributed by atoms with E-state index in [4.69, 9.17) is 0 Å². The highest BCUT2D eigenvalue weighted by atomic mass is 32.1. The summed E-state index contributed by atoms with van der Waals surface area (Å²) in [5.74, 6) is -0.390. The minimum absolute atomic E-state index is 0.128. The zero-order chi connectivity index (χ0) is 14.7. The summed E-state index contributed by atoms with van der Waals surface area (Å²) in [5, 5.41) is 11.6. The summed E-state index contributed by atoms with van der Waals surface area (Å²) < 4.78 is 0. The van der Waals surface area contributed by atoms with Crippen LogP contribution in [-0.2, 0) is 6.54 Å².